The Morgan fingerprint density at radius 1 is 1.42 bits per heavy atom. The standard InChI is InChI=1S/C13H13NO3S2/c1-7-2-4-14(11(7)13(16)17)12(15)10-6-9-8(19-10)3-5-18-9/h3,5-7,11H,2,4H2,1H3,(H,16,17). The molecule has 2 atom stereocenters. The van der Waals surface area contributed by atoms with Gasteiger partial charge in [0.15, 0.2) is 0 Å². The van der Waals surface area contributed by atoms with Crippen LogP contribution in [0, 0.1) is 5.92 Å². The number of carbonyl (C=O) groups is 2. The summed E-state index contributed by atoms with van der Waals surface area (Å²) >= 11 is 3.04. The maximum absolute atomic E-state index is 12.5. The molecule has 1 aliphatic rings. The lowest BCUT2D eigenvalue weighted by atomic mass is 10.0. The third kappa shape index (κ3) is 2.04. The fraction of sp³-hybridized carbons (Fsp3) is 0.385. The van der Waals surface area contributed by atoms with Gasteiger partial charge in [0.05, 0.1) is 4.88 Å². The summed E-state index contributed by atoms with van der Waals surface area (Å²) in [6.07, 6.45) is 0.752. The Kier molecular flexibility index (Phi) is 3.06. The van der Waals surface area contributed by atoms with Crippen molar-refractivity contribution in [3.05, 3.63) is 22.4 Å². The van der Waals surface area contributed by atoms with Crippen LogP contribution in [0.25, 0.3) is 9.40 Å². The SMILES string of the molecule is CC1CCN(C(=O)c2cc3sccc3s2)C1C(=O)O. The Labute approximate surface area is 118 Å². The van der Waals surface area contributed by atoms with Gasteiger partial charge in [-0.25, -0.2) is 4.79 Å². The zero-order valence-electron chi connectivity index (χ0n) is 10.3. The molecule has 1 amide bonds. The number of nitrogens with zero attached hydrogens (tertiary/aromatic N) is 1. The number of hydrogen-bond donors (Lipinski definition) is 1. The molecule has 1 aliphatic heterocycles. The van der Waals surface area contributed by atoms with Crippen LogP contribution in [0.3, 0.4) is 0 Å². The fourth-order valence-electron chi connectivity index (χ4n) is 2.56. The lowest BCUT2D eigenvalue weighted by Gasteiger charge is -2.22. The highest BCUT2D eigenvalue weighted by Gasteiger charge is 2.40. The Bertz CT molecular complexity index is 617. The van der Waals surface area contributed by atoms with E-state index < -0.39 is 12.0 Å². The minimum atomic E-state index is -0.906. The van der Waals surface area contributed by atoms with E-state index in [1.807, 2.05) is 24.4 Å². The number of hydrogen-bond acceptors (Lipinski definition) is 4. The number of aliphatic carboxylic acids is 1. The molecule has 19 heavy (non-hydrogen) atoms. The van der Waals surface area contributed by atoms with Crippen molar-refractivity contribution >= 4 is 43.9 Å². The second-order valence-electron chi connectivity index (χ2n) is 4.81. The van der Waals surface area contributed by atoms with Gasteiger partial charge in [-0.1, -0.05) is 6.92 Å². The van der Waals surface area contributed by atoms with Crippen molar-refractivity contribution in [3.63, 3.8) is 0 Å². The van der Waals surface area contributed by atoms with Crippen LogP contribution in [0.2, 0.25) is 0 Å². The highest BCUT2D eigenvalue weighted by Crippen LogP contribution is 2.33. The zero-order valence-corrected chi connectivity index (χ0v) is 12.0. The van der Waals surface area contributed by atoms with Gasteiger partial charge in [0.25, 0.3) is 5.91 Å². The van der Waals surface area contributed by atoms with Gasteiger partial charge in [0, 0.05) is 15.9 Å². The highest BCUT2D eigenvalue weighted by atomic mass is 32.1. The number of fused-ring (bicyclic) bond motifs is 1. The first-order valence-corrected chi connectivity index (χ1v) is 7.78. The lowest BCUT2D eigenvalue weighted by molar-refractivity contribution is -0.142. The van der Waals surface area contributed by atoms with E-state index >= 15 is 0 Å². The third-order valence-electron chi connectivity index (χ3n) is 3.56. The smallest absolute Gasteiger partial charge is 0.326 e. The van der Waals surface area contributed by atoms with E-state index in [1.165, 1.54) is 16.2 Å². The van der Waals surface area contributed by atoms with E-state index in [4.69, 9.17) is 0 Å². The topological polar surface area (TPSA) is 57.6 Å². The van der Waals surface area contributed by atoms with Crippen LogP contribution < -0.4 is 0 Å². The molecule has 2 unspecified atom stereocenters. The van der Waals surface area contributed by atoms with Crippen molar-refractivity contribution in [2.24, 2.45) is 5.92 Å². The Balaban J connectivity index is 1.91. The van der Waals surface area contributed by atoms with Crippen LogP contribution in [-0.2, 0) is 4.79 Å². The molecule has 1 N–H and O–H groups in total. The number of likely N-dealkylation sites (tertiary alicyclic amines) is 1. The van der Waals surface area contributed by atoms with Gasteiger partial charge in [-0.2, -0.15) is 0 Å². The van der Waals surface area contributed by atoms with Crippen LogP contribution in [0.15, 0.2) is 17.5 Å². The maximum Gasteiger partial charge on any atom is 0.326 e. The second kappa shape index (κ2) is 4.61. The largest absolute Gasteiger partial charge is 0.480 e. The summed E-state index contributed by atoms with van der Waals surface area (Å²) in [6.45, 7) is 2.42. The molecule has 0 bridgehead atoms. The van der Waals surface area contributed by atoms with Gasteiger partial charge >= 0.3 is 5.97 Å². The number of amides is 1. The highest BCUT2D eigenvalue weighted by molar-refractivity contribution is 7.27. The molecule has 100 valence electrons. The predicted molar refractivity (Wildman–Crippen MR) is 75.9 cm³/mol. The molecular formula is C13H13NO3S2. The van der Waals surface area contributed by atoms with Crippen molar-refractivity contribution in [1.29, 1.82) is 0 Å². The zero-order chi connectivity index (χ0) is 13.6. The fourth-order valence-corrected chi connectivity index (χ4v) is 4.63. The molecule has 3 heterocycles. The number of thiophene rings is 2. The van der Waals surface area contributed by atoms with Crippen molar-refractivity contribution in [2.45, 2.75) is 19.4 Å². The number of rotatable bonds is 2. The molecule has 1 saturated heterocycles. The van der Waals surface area contributed by atoms with Crippen molar-refractivity contribution in [3.8, 4) is 0 Å². The summed E-state index contributed by atoms with van der Waals surface area (Å²) in [5.74, 6) is -1.04. The van der Waals surface area contributed by atoms with Gasteiger partial charge in [0.2, 0.25) is 0 Å². The predicted octanol–water partition coefficient (Wildman–Crippen LogP) is 2.90. The molecule has 1 fully saturated rings. The van der Waals surface area contributed by atoms with E-state index in [1.54, 1.807) is 11.3 Å². The van der Waals surface area contributed by atoms with Crippen LogP contribution in [-0.4, -0.2) is 34.5 Å². The van der Waals surface area contributed by atoms with Crippen LogP contribution in [0.5, 0.6) is 0 Å². The molecule has 6 heteroatoms. The number of carboxylic acids is 1. The molecule has 3 rings (SSSR count). The van der Waals surface area contributed by atoms with Gasteiger partial charge < -0.3 is 10.0 Å². The minimum absolute atomic E-state index is 0.0162. The average Bonchev–Trinajstić information content (AvgIpc) is 2.99. The van der Waals surface area contributed by atoms with Crippen molar-refractivity contribution in [2.75, 3.05) is 6.54 Å². The Morgan fingerprint density at radius 2 is 2.21 bits per heavy atom. The minimum Gasteiger partial charge on any atom is -0.480 e. The van der Waals surface area contributed by atoms with Crippen molar-refractivity contribution < 1.29 is 14.7 Å². The molecule has 0 aliphatic carbocycles. The van der Waals surface area contributed by atoms with E-state index in [0.717, 1.165) is 15.8 Å². The molecule has 0 aromatic carbocycles. The first-order valence-electron chi connectivity index (χ1n) is 6.08. The molecule has 0 radical (unpaired) electrons. The second-order valence-corrected chi connectivity index (χ2v) is 6.84. The van der Waals surface area contributed by atoms with Crippen LogP contribution in [0.4, 0.5) is 0 Å². The molecule has 4 nitrogen and oxygen atoms in total. The van der Waals surface area contributed by atoms with Gasteiger partial charge in [-0.15, -0.1) is 22.7 Å². The first kappa shape index (κ1) is 12.6. The van der Waals surface area contributed by atoms with Gasteiger partial charge in [-0.3, -0.25) is 4.79 Å². The normalized spacial score (nSPS) is 23.1. The van der Waals surface area contributed by atoms with Gasteiger partial charge in [-0.05, 0) is 29.9 Å². The summed E-state index contributed by atoms with van der Waals surface area (Å²) in [4.78, 5) is 25.9. The lowest BCUT2D eigenvalue weighted by Crippen LogP contribution is -2.42. The maximum atomic E-state index is 12.5. The molecule has 2 aromatic rings. The first-order chi connectivity index (χ1) is 9.08. The molecular weight excluding hydrogens is 282 g/mol. The summed E-state index contributed by atoms with van der Waals surface area (Å²) in [5, 5.41) is 11.3. The Morgan fingerprint density at radius 3 is 2.89 bits per heavy atom. The van der Waals surface area contributed by atoms with E-state index in [0.29, 0.717) is 11.4 Å². The number of carbonyl (C=O) groups excluding carboxylic acids is 1. The third-order valence-corrected chi connectivity index (χ3v) is 5.65. The van der Waals surface area contributed by atoms with Gasteiger partial charge in [0.1, 0.15) is 6.04 Å². The van der Waals surface area contributed by atoms with E-state index in [9.17, 15) is 14.7 Å². The molecule has 0 spiro atoms. The monoisotopic (exact) mass is 295 g/mol. The van der Waals surface area contributed by atoms with Crippen LogP contribution >= 0.6 is 22.7 Å². The summed E-state index contributed by atoms with van der Waals surface area (Å²) in [6, 6.07) is 3.17. The number of carboxylic acid groups (broad SMARTS) is 1. The molecule has 0 saturated carbocycles. The van der Waals surface area contributed by atoms with E-state index in [-0.39, 0.29) is 11.8 Å². The summed E-state index contributed by atoms with van der Waals surface area (Å²) in [5.41, 5.74) is 0. The summed E-state index contributed by atoms with van der Waals surface area (Å²) < 4.78 is 2.18. The average molecular weight is 295 g/mol. The Hall–Kier alpha value is -1.40. The van der Waals surface area contributed by atoms with Crippen LogP contribution in [0.1, 0.15) is 23.0 Å². The van der Waals surface area contributed by atoms with E-state index in [2.05, 4.69) is 0 Å². The summed E-state index contributed by atoms with van der Waals surface area (Å²) in [7, 11) is 0. The molecule has 2 aromatic heterocycles. The quantitative estimate of drug-likeness (QED) is 0.926. The van der Waals surface area contributed by atoms with Crippen molar-refractivity contribution in [1.82, 2.24) is 4.90 Å².